The number of nitrogens with two attached hydrogens (primary N) is 1. The van der Waals surface area contributed by atoms with Gasteiger partial charge in [0.2, 0.25) is 0 Å². The molecule has 0 aliphatic rings. The fourth-order valence-corrected chi connectivity index (χ4v) is 2.45. The number of pyridine rings is 1. The van der Waals surface area contributed by atoms with E-state index >= 15 is 0 Å². The van der Waals surface area contributed by atoms with Crippen LogP contribution in [0.5, 0.6) is 5.75 Å². The summed E-state index contributed by atoms with van der Waals surface area (Å²) in [6.07, 6.45) is 3.34. The minimum Gasteiger partial charge on any atom is -0.493 e. The van der Waals surface area contributed by atoms with Crippen molar-refractivity contribution in [3.63, 3.8) is 0 Å². The highest BCUT2D eigenvalue weighted by Crippen LogP contribution is 2.35. The van der Waals surface area contributed by atoms with Crippen LogP contribution in [0.3, 0.4) is 0 Å². The molecule has 1 aromatic heterocycles. The first kappa shape index (κ1) is 16.0. The maximum atomic E-state index is 10.9. The second kappa shape index (κ2) is 7.07. The van der Waals surface area contributed by atoms with E-state index in [1.165, 1.54) is 0 Å². The SMILES string of the molecule is CCOc1c(-c2ccc(N)cn2)ccc(CC(C)C=O)c1C. The molecule has 0 amide bonds. The number of hydrogen-bond donors (Lipinski definition) is 1. The van der Waals surface area contributed by atoms with Gasteiger partial charge in [-0.3, -0.25) is 4.98 Å². The first-order chi connectivity index (χ1) is 10.6. The zero-order chi connectivity index (χ0) is 16.1. The highest BCUT2D eigenvalue weighted by molar-refractivity contribution is 5.71. The molecule has 0 bridgehead atoms. The summed E-state index contributed by atoms with van der Waals surface area (Å²) in [6, 6.07) is 7.77. The molecule has 4 heteroatoms. The summed E-state index contributed by atoms with van der Waals surface area (Å²) in [4.78, 5) is 15.3. The van der Waals surface area contributed by atoms with Crippen LogP contribution < -0.4 is 10.5 Å². The molecule has 2 rings (SSSR count). The number of carbonyl (C=O) groups is 1. The van der Waals surface area contributed by atoms with E-state index in [0.717, 1.165) is 34.4 Å². The Hall–Kier alpha value is -2.36. The molecular weight excluding hydrogens is 276 g/mol. The van der Waals surface area contributed by atoms with Crippen molar-refractivity contribution in [2.75, 3.05) is 12.3 Å². The second-order valence-electron chi connectivity index (χ2n) is 5.45. The van der Waals surface area contributed by atoms with Crippen molar-refractivity contribution in [1.29, 1.82) is 0 Å². The molecule has 22 heavy (non-hydrogen) atoms. The van der Waals surface area contributed by atoms with Crippen molar-refractivity contribution in [1.82, 2.24) is 4.98 Å². The standard InChI is InChI=1S/C18H22N2O2/c1-4-22-18-13(3)14(9-12(2)11-21)5-7-16(18)17-8-6-15(19)10-20-17/h5-8,10-12H,4,9,19H2,1-3H3. The molecule has 0 spiro atoms. The van der Waals surface area contributed by atoms with Crippen LogP contribution in [0.25, 0.3) is 11.3 Å². The molecule has 0 aliphatic carbocycles. The lowest BCUT2D eigenvalue weighted by Crippen LogP contribution is -2.05. The lowest BCUT2D eigenvalue weighted by Gasteiger charge is -2.17. The van der Waals surface area contributed by atoms with Crippen molar-refractivity contribution in [3.05, 3.63) is 41.6 Å². The van der Waals surface area contributed by atoms with E-state index < -0.39 is 0 Å². The Morgan fingerprint density at radius 1 is 1.32 bits per heavy atom. The normalized spacial score (nSPS) is 12.0. The predicted molar refractivity (Wildman–Crippen MR) is 88.9 cm³/mol. The van der Waals surface area contributed by atoms with Crippen molar-refractivity contribution in [2.45, 2.75) is 27.2 Å². The van der Waals surface area contributed by atoms with Gasteiger partial charge in [0.25, 0.3) is 0 Å². The summed E-state index contributed by atoms with van der Waals surface area (Å²) >= 11 is 0. The smallest absolute Gasteiger partial charge is 0.131 e. The number of carbonyl (C=O) groups excluding carboxylic acids is 1. The Bertz CT molecular complexity index is 651. The minimum absolute atomic E-state index is 0.00586. The zero-order valence-electron chi connectivity index (χ0n) is 13.3. The van der Waals surface area contributed by atoms with Crippen LogP contribution in [-0.4, -0.2) is 17.9 Å². The predicted octanol–water partition coefficient (Wildman–Crippen LogP) is 3.42. The molecule has 4 nitrogen and oxygen atoms in total. The summed E-state index contributed by atoms with van der Waals surface area (Å²) in [7, 11) is 0. The highest BCUT2D eigenvalue weighted by Gasteiger charge is 2.15. The van der Waals surface area contributed by atoms with E-state index in [1.807, 2.05) is 45.0 Å². The topological polar surface area (TPSA) is 65.2 Å². The third-order valence-electron chi connectivity index (χ3n) is 3.64. The van der Waals surface area contributed by atoms with Crippen molar-refractivity contribution >= 4 is 12.0 Å². The first-order valence-electron chi connectivity index (χ1n) is 7.49. The maximum Gasteiger partial charge on any atom is 0.131 e. The Labute approximate surface area is 131 Å². The lowest BCUT2D eigenvalue weighted by atomic mass is 9.94. The third-order valence-corrected chi connectivity index (χ3v) is 3.64. The van der Waals surface area contributed by atoms with Crippen LogP contribution in [-0.2, 0) is 11.2 Å². The van der Waals surface area contributed by atoms with Crippen LogP contribution in [0.2, 0.25) is 0 Å². The van der Waals surface area contributed by atoms with Gasteiger partial charge in [0.15, 0.2) is 0 Å². The summed E-state index contributed by atoms with van der Waals surface area (Å²) in [5, 5.41) is 0. The monoisotopic (exact) mass is 298 g/mol. The third kappa shape index (κ3) is 3.45. The fraction of sp³-hybridized carbons (Fsp3) is 0.333. The minimum atomic E-state index is -0.00586. The number of aldehydes is 1. The number of rotatable bonds is 6. The number of nitrogens with zero attached hydrogens (tertiary/aromatic N) is 1. The van der Waals surface area contributed by atoms with Crippen LogP contribution in [0.15, 0.2) is 30.5 Å². The average molecular weight is 298 g/mol. The maximum absolute atomic E-state index is 10.9. The number of hydrogen-bond acceptors (Lipinski definition) is 4. The lowest BCUT2D eigenvalue weighted by molar-refractivity contribution is -0.110. The van der Waals surface area contributed by atoms with Crippen LogP contribution in [0, 0.1) is 12.8 Å². The van der Waals surface area contributed by atoms with Gasteiger partial charge in [-0.2, -0.15) is 0 Å². The van der Waals surface area contributed by atoms with Crippen molar-refractivity contribution in [2.24, 2.45) is 5.92 Å². The molecule has 2 N–H and O–H groups in total. The summed E-state index contributed by atoms with van der Waals surface area (Å²) in [5.74, 6) is 0.823. The Kier molecular flexibility index (Phi) is 5.15. The van der Waals surface area contributed by atoms with E-state index in [9.17, 15) is 4.79 Å². The Morgan fingerprint density at radius 2 is 2.09 bits per heavy atom. The van der Waals surface area contributed by atoms with Crippen molar-refractivity contribution in [3.8, 4) is 17.0 Å². The van der Waals surface area contributed by atoms with E-state index in [0.29, 0.717) is 18.7 Å². The largest absolute Gasteiger partial charge is 0.493 e. The van der Waals surface area contributed by atoms with E-state index in [-0.39, 0.29) is 5.92 Å². The fourth-order valence-electron chi connectivity index (χ4n) is 2.45. The number of benzene rings is 1. The molecule has 0 aliphatic heterocycles. The summed E-state index contributed by atoms with van der Waals surface area (Å²) in [6.45, 7) is 6.48. The van der Waals surface area contributed by atoms with Gasteiger partial charge in [-0.25, -0.2) is 0 Å². The van der Waals surface area contributed by atoms with E-state index in [2.05, 4.69) is 4.98 Å². The van der Waals surface area contributed by atoms with Gasteiger partial charge in [0.05, 0.1) is 24.2 Å². The van der Waals surface area contributed by atoms with Crippen LogP contribution in [0.1, 0.15) is 25.0 Å². The van der Waals surface area contributed by atoms with E-state index in [1.54, 1.807) is 6.20 Å². The molecule has 0 saturated heterocycles. The molecule has 1 unspecified atom stereocenters. The zero-order valence-corrected chi connectivity index (χ0v) is 13.3. The molecule has 0 radical (unpaired) electrons. The summed E-state index contributed by atoms with van der Waals surface area (Å²) in [5.41, 5.74) is 10.3. The van der Waals surface area contributed by atoms with Gasteiger partial charge in [-0.15, -0.1) is 0 Å². The van der Waals surface area contributed by atoms with E-state index in [4.69, 9.17) is 10.5 Å². The number of nitrogen functional groups attached to an aromatic ring is 1. The average Bonchev–Trinajstić information content (AvgIpc) is 2.52. The number of aromatic nitrogens is 1. The molecule has 116 valence electrons. The highest BCUT2D eigenvalue weighted by atomic mass is 16.5. The van der Waals surface area contributed by atoms with Gasteiger partial charge in [0, 0.05) is 11.5 Å². The van der Waals surface area contributed by atoms with Gasteiger partial charge >= 0.3 is 0 Å². The second-order valence-corrected chi connectivity index (χ2v) is 5.45. The summed E-state index contributed by atoms with van der Waals surface area (Å²) < 4.78 is 5.85. The molecule has 0 saturated carbocycles. The number of anilines is 1. The Balaban J connectivity index is 2.48. The van der Waals surface area contributed by atoms with Crippen LogP contribution in [0.4, 0.5) is 5.69 Å². The first-order valence-corrected chi connectivity index (χ1v) is 7.49. The molecule has 1 heterocycles. The van der Waals surface area contributed by atoms with Gasteiger partial charge in [-0.05, 0) is 49.6 Å². The quantitative estimate of drug-likeness (QED) is 0.830. The van der Waals surface area contributed by atoms with Gasteiger partial charge in [0.1, 0.15) is 12.0 Å². The van der Waals surface area contributed by atoms with Gasteiger partial charge in [-0.1, -0.05) is 13.0 Å². The van der Waals surface area contributed by atoms with Gasteiger partial charge < -0.3 is 15.3 Å². The van der Waals surface area contributed by atoms with Crippen molar-refractivity contribution < 1.29 is 9.53 Å². The Morgan fingerprint density at radius 3 is 2.68 bits per heavy atom. The molecule has 2 aromatic rings. The molecular formula is C18H22N2O2. The molecule has 1 atom stereocenters. The van der Waals surface area contributed by atoms with Crippen LogP contribution >= 0.6 is 0 Å². The molecule has 1 aromatic carbocycles. The number of ether oxygens (including phenoxy) is 1. The molecule has 0 fully saturated rings.